The predicted octanol–water partition coefficient (Wildman–Crippen LogP) is 2.85. The molecule has 1 aliphatic heterocycles. The predicted molar refractivity (Wildman–Crippen MR) is 69.3 cm³/mol. The largest absolute Gasteiger partial charge is 0.396 e. The molecule has 0 aromatic heterocycles. The molecule has 1 aliphatic rings. The fourth-order valence-electron chi connectivity index (χ4n) is 2.42. The molecule has 1 atom stereocenters. The normalized spacial score (nSPS) is 19.7. The van der Waals surface area contributed by atoms with Gasteiger partial charge in [0.15, 0.2) is 0 Å². The molecule has 94 valence electrons. The van der Waals surface area contributed by atoms with Crippen LogP contribution in [-0.4, -0.2) is 24.9 Å². The Kier molecular flexibility index (Phi) is 3.85. The summed E-state index contributed by atoms with van der Waals surface area (Å²) in [5.74, 6) is 0.621. The molecule has 0 bridgehead atoms. The van der Waals surface area contributed by atoms with Crippen molar-refractivity contribution in [2.45, 2.75) is 38.0 Å². The number of hydrogen-bond donors (Lipinski definition) is 1. The molecule has 0 aliphatic carbocycles. The van der Waals surface area contributed by atoms with Crippen LogP contribution in [0.5, 0.6) is 0 Å². The van der Waals surface area contributed by atoms with Crippen molar-refractivity contribution in [3.8, 4) is 0 Å². The van der Waals surface area contributed by atoms with Crippen molar-refractivity contribution in [2.75, 3.05) is 19.8 Å². The lowest BCUT2D eigenvalue weighted by Gasteiger charge is -2.41. The van der Waals surface area contributed by atoms with Crippen molar-refractivity contribution in [3.05, 3.63) is 35.4 Å². The lowest BCUT2D eigenvalue weighted by molar-refractivity contribution is -0.0701. The second-order valence-electron chi connectivity index (χ2n) is 5.18. The summed E-state index contributed by atoms with van der Waals surface area (Å²) in [6, 6.07) is 8.86. The van der Waals surface area contributed by atoms with E-state index in [2.05, 4.69) is 38.1 Å². The number of ether oxygens (including phenoxy) is 1. The number of aliphatic hydroxyl groups is 1. The molecule has 1 aromatic carbocycles. The van der Waals surface area contributed by atoms with E-state index in [-0.39, 0.29) is 12.0 Å². The molecular weight excluding hydrogens is 212 g/mol. The van der Waals surface area contributed by atoms with Crippen molar-refractivity contribution in [2.24, 2.45) is 0 Å². The van der Waals surface area contributed by atoms with Gasteiger partial charge in [-0.25, -0.2) is 0 Å². The average molecular weight is 234 g/mol. The van der Waals surface area contributed by atoms with Gasteiger partial charge in [0.1, 0.15) is 0 Å². The smallest absolute Gasteiger partial charge is 0.0586 e. The van der Waals surface area contributed by atoms with Gasteiger partial charge in [0.25, 0.3) is 0 Å². The fourth-order valence-corrected chi connectivity index (χ4v) is 2.42. The molecule has 1 N–H and O–H groups in total. The van der Waals surface area contributed by atoms with Crippen LogP contribution in [0.15, 0.2) is 24.3 Å². The first-order valence-electron chi connectivity index (χ1n) is 6.51. The van der Waals surface area contributed by atoms with Gasteiger partial charge in [-0.2, -0.15) is 0 Å². The zero-order valence-electron chi connectivity index (χ0n) is 10.8. The summed E-state index contributed by atoms with van der Waals surface area (Å²) in [6.07, 6.45) is 1.97. The van der Waals surface area contributed by atoms with Crippen molar-refractivity contribution in [1.29, 1.82) is 0 Å². The van der Waals surface area contributed by atoms with Crippen LogP contribution in [0.4, 0.5) is 0 Å². The van der Waals surface area contributed by atoms with Gasteiger partial charge in [-0.15, -0.1) is 0 Å². The lowest BCUT2D eigenvalue weighted by atomic mass is 9.75. The van der Waals surface area contributed by atoms with E-state index in [1.807, 2.05) is 0 Å². The highest BCUT2D eigenvalue weighted by atomic mass is 16.5. The Morgan fingerprint density at radius 3 is 2.35 bits per heavy atom. The summed E-state index contributed by atoms with van der Waals surface area (Å²) in [7, 11) is 0. The van der Waals surface area contributed by atoms with Gasteiger partial charge >= 0.3 is 0 Å². The third kappa shape index (κ3) is 2.38. The summed E-state index contributed by atoms with van der Waals surface area (Å²) in [5, 5.41) is 9.15. The molecule has 2 rings (SSSR count). The molecule has 0 amide bonds. The third-order valence-corrected chi connectivity index (χ3v) is 4.05. The van der Waals surface area contributed by atoms with Crippen LogP contribution in [0.25, 0.3) is 0 Å². The minimum Gasteiger partial charge on any atom is -0.396 e. The van der Waals surface area contributed by atoms with E-state index in [4.69, 9.17) is 9.84 Å². The number of rotatable bonds is 5. The number of benzene rings is 1. The zero-order chi connectivity index (χ0) is 12.3. The van der Waals surface area contributed by atoms with Gasteiger partial charge in [-0.1, -0.05) is 38.1 Å². The maximum Gasteiger partial charge on any atom is 0.0586 e. The van der Waals surface area contributed by atoms with Crippen LogP contribution >= 0.6 is 0 Å². The molecule has 2 heteroatoms. The molecule has 2 nitrogen and oxygen atoms in total. The highest BCUT2D eigenvalue weighted by Crippen LogP contribution is 2.36. The Labute approximate surface area is 104 Å². The zero-order valence-corrected chi connectivity index (χ0v) is 10.8. The summed E-state index contributed by atoms with van der Waals surface area (Å²) in [6.45, 7) is 6.19. The maximum absolute atomic E-state index is 9.15. The van der Waals surface area contributed by atoms with Crippen LogP contribution in [-0.2, 0) is 10.2 Å². The fraction of sp³-hybridized carbons (Fsp3) is 0.600. The van der Waals surface area contributed by atoms with Crippen LogP contribution in [0.3, 0.4) is 0 Å². The topological polar surface area (TPSA) is 29.5 Å². The van der Waals surface area contributed by atoms with E-state index in [0.717, 1.165) is 19.6 Å². The molecule has 0 spiro atoms. The van der Waals surface area contributed by atoms with Gasteiger partial charge in [-0.3, -0.25) is 0 Å². The standard InChI is InChI=1S/C15H22O2/c1-3-12(2)13-4-6-14(7-5-13)15(8-9-16)10-17-11-15/h4-7,12,16H,3,8-11H2,1-2H3. The molecule has 17 heavy (non-hydrogen) atoms. The van der Waals surface area contributed by atoms with Gasteiger partial charge < -0.3 is 9.84 Å². The first-order chi connectivity index (χ1) is 8.22. The van der Waals surface area contributed by atoms with Crippen molar-refractivity contribution in [3.63, 3.8) is 0 Å². The first kappa shape index (κ1) is 12.6. The number of aliphatic hydroxyl groups excluding tert-OH is 1. The molecule has 1 saturated heterocycles. The Bertz CT molecular complexity index is 352. The first-order valence-corrected chi connectivity index (χ1v) is 6.51. The Morgan fingerprint density at radius 1 is 1.29 bits per heavy atom. The van der Waals surface area contributed by atoms with Gasteiger partial charge in [0.2, 0.25) is 0 Å². The van der Waals surface area contributed by atoms with Crippen molar-refractivity contribution < 1.29 is 9.84 Å². The Hall–Kier alpha value is -0.860. The average Bonchev–Trinajstić information content (AvgIpc) is 2.33. The van der Waals surface area contributed by atoms with E-state index in [0.29, 0.717) is 5.92 Å². The summed E-state index contributed by atoms with van der Waals surface area (Å²) >= 11 is 0. The van der Waals surface area contributed by atoms with Crippen LogP contribution in [0.1, 0.15) is 43.7 Å². The van der Waals surface area contributed by atoms with Crippen LogP contribution < -0.4 is 0 Å². The maximum atomic E-state index is 9.15. The Morgan fingerprint density at radius 2 is 1.94 bits per heavy atom. The second kappa shape index (κ2) is 5.19. The summed E-state index contributed by atoms with van der Waals surface area (Å²) < 4.78 is 5.33. The molecule has 1 unspecified atom stereocenters. The Balaban J connectivity index is 2.16. The highest BCUT2D eigenvalue weighted by molar-refractivity contribution is 5.32. The SMILES string of the molecule is CCC(C)c1ccc(C2(CCO)COC2)cc1. The van der Waals surface area contributed by atoms with Crippen LogP contribution in [0, 0.1) is 0 Å². The van der Waals surface area contributed by atoms with Crippen molar-refractivity contribution >= 4 is 0 Å². The monoisotopic (exact) mass is 234 g/mol. The molecule has 0 radical (unpaired) electrons. The molecule has 1 aromatic rings. The van der Waals surface area contributed by atoms with E-state index < -0.39 is 0 Å². The van der Waals surface area contributed by atoms with Crippen LogP contribution in [0.2, 0.25) is 0 Å². The third-order valence-electron chi connectivity index (χ3n) is 4.05. The van der Waals surface area contributed by atoms with E-state index in [9.17, 15) is 0 Å². The lowest BCUT2D eigenvalue weighted by Crippen LogP contribution is -2.47. The van der Waals surface area contributed by atoms with E-state index in [1.165, 1.54) is 17.5 Å². The minimum atomic E-state index is 0.0722. The van der Waals surface area contributed by atoms with E-state index >= 15 is 0 Å². The minimum absolute atomic E-state index is 0.0722. The summed E-state index contributed by atoms with van der Waals surface area (Å²) in [5.41, 5.74) is 2.78. The van der Waals surface area contributed by atoms with E-state index in [1.54, 1.807) is 0 Å². The molecule has 0 saturated carbocycles. The van der Waals surface area contributed by atoms with Crippen molar-refractivity contribution in [1.82, 2.24) is 0 Å². The highest BCUT2D eigenvalue weighted by Gasteiger charge is 2.39. The second-order valence-corrected chi connectivity index (χ2v) is 5.18. The quantitative estimate of drug-likeness (QED) is 0.849. The number of hydrogen-bond acceptors (Lipinski definition) is 2. The molecule has 1 fully saturated rings. The molecular formula is C15H22O2. The summed E-state index contributed by atoms with van der Waals surface area (Å²) in [4.78, 5) is 0. The van der Waals surface area contributed by atoms with Gasteiger partial charge in [0, 0.05) is 12.0 Å². The van der Waals surface area contributed by atoms with Gasteiger partial charge in [0.05, 0.1) is 13.2 Å². The van der Waals surface area contributed by atoms with Gasteiger partial charge in [-0.05, 0) is 29.9 Å². The molecule has 1 heterocycles.